The Morgan fingerprint density at radius 2 is 1.81 bits per heavy atom. The average Bonchev–Trinajstić information content (AvgIpc) is 2.46. The van der Waals surface area contributed by atoms with Crippen LogP contribution in [-0.2, 0) is 6.18 Å². The maximum Gasteiger partial charge on any atom is 0.420 e. The van der Waals surface area contributed by atoms with Crippen molar-refractivity contribution < 1.29 is 17.9 Å². The molecule has 3 rings (SSSR count). The van der Waals surface area contributed by atoms with Crippen molar-refractivity contribution in [1.82, 2.24) is 0 Å². The maximum absolute atomic E-state index is 13.0. The molecule has 1 N–H and O–H groups in total. The third-order valence-corrected chi connectivity index (χ3v) is 3.83. The van der Waals surface area contributed by atoms with Gasteiger partial charge >= 0.3 is 6.18 Å². The number of halogens is 4. The number of fused-ring (bicyclic) bond motifs is 1. The molecule has 0 fully saturated rings. The molecule has 0 aliphatic carbocycles. The molecule has 2 aromatic rings. The van der Waals surface area contributed by atoms with E-state index in [2.05, 4.69) is 21.2 Å². The van der Waals surface area contributed by atoms with E-state index in [0.717, 1.165) is 16.1 Å². The van der Waals surface area contributed by atoms with Crippen molar-refractivity contribution >= 4 is 21.6 Å². The zero-order valence-electron chi connectivity index (χ0n) is 10.7. The highest BCUT2D eigenvalue weighted by Crippen LogP contribution is 2.44. The molecule has 1 heterocycles. The van der Waals surface area contributed by atoms with E-state index in [0.29, 0.717) is 12.2 Å². The van der Waals surface area contributed by atoms with E-state index in [1.165, 1.54) is 6.07 Å². The quantitative estimate of drug-likeness (QED) is 0.774. The maximum atomic E-state index is 13.0. The zero-order valence-corrected chi connectivity index (χ0v) is 12.3. The van der Waals surface area contributed by atoms with Gasteiger partial charge in [0.25, 0.3) is 0 Å². The number of nitrogens with one attached hydrogen (secondary N) is 1. The van der Waals surface area contributed by atoms with Gasteiger partial charge in [-0.15, -0.1) is 0 Å². The Bertz CT molecular complexity index is 655. The summed E-state index contributed by atoms with van der Waals surface area (Å²) >= 11 is 3.33. The van der Waals surface area contributed by atoms with Crippen LogP contribution in [0.3, 0.4) is 0 Å². The van der Waals surface area contributed by atoms with E-state index >= 15 is 0 Å². The second-order valence-corrected chi connectivity index (χ2v) is 5.63. The van der Waals surface area contributed by atoms with Crippen molar-refractivity contribution in [3.63, 3.8) is 0 Å². The Balaban J connectivity index is 1.96. The third-order valence-electron chi connectivity index (χ3n) is 3.30. The first-order valence-electron chi connectivity index (χ1n) is 6.31. The van der Waals surface area contributed by atoms with Gasteiger partial charge in [-0.1, -0.05) is 34.1 Å². The molecule has 1 atom stereocenters. The monoisotopic (exact) mass is 357 g/mol. The van der Waals surface area contributed by atoms with E-state index < -0.39 is 17.8 Å². The number of hydrogen-bond donors (Lipinski definition) is 1. The van der Waals surface area contributed by atoms with Crippen molar-refractivity contribution in [2.45, 2.75) is 12.3 Å². The lowest BCUT2D eigenvalue weighted by molar-refractivity contribution is -0.139. The first kappa shape index (κ1) is 14.3. The summed E-state index contributed by atoms with van der Waals surface area (Å²) in [4.78, 5) is 0. The lowest BCUT2D eigenvalue weighted by atomic mass is 10.1. The highest BCUT2D eigenvalue weighted by molar-refractivity contribution is 9.10. The minimum absolute atomic E-state index is 0.135. The Hall–Kier alpha value is -1.69. The van der Waals surface area contributed by atoms with Gasteiger partial charge < -0.3 is 10.1 Å². The summed E-state index contributed by atoms with van der Waals surface area (Å²) in [6.07, 6.45) is -4.89. The van der Waals surface area contributed by atoms with Gasteiger partial charge in [-0.3, -0.25) is 0 Å². The Morgan fingerprint density at radius 3 is 2.48 bits per heavy atom. The molecule has 0 unspecified atom stereocenters. The number of para-hydroxylation sites is 1. The van der Waals surface area contributed by atoms with Crippen molar-refractivity contribution in [3.05, 3.63) is 58.1 Å². The van der Waals surface area contributed by atoms with E-state index in [4.69, 9.17) is 4.74 Å². The Kier molecular flexibility index (Phi) is 3.57. The minimum Gasteiger partial charge on any atom is -0.481 e. The normalized spacial score (nSPS) is 17.6. The Labute approximate surface area is 128 Å². The summed E-state index contributed by atoms with van der Waals surface area (Å²) in [5.74, 6) is -0.135. The number of ether oxygens (including phenoxy) is 1. The molecule has 21 heavy (non-hydrogen) atoms. The summed E-state index contributed by atoms with van der Waals surface area (Å²) in [7, 11) is 0. The molecule has 110 valence electrons. The highest BCUT2D eigenvalue weighted by Gasteiger charge is 2.37. The van der Waals surface area contributed by atoms with Crippen LogP contribution in [-0.4, -0.2) is 6.54 Å². The third kappa shape index (κ3) is 2.85. The lowest BCUT2D eigenvalue weighted by Gasteiger charge is -2.29. The molecule has 0 saturated carbocycles. The van der Waals surface area contributed by atoms with Gasteiger partial charge in [-0.05, 0) is 29.8 Å². The van der Waals surface area contributed by atoms with Crippen LogP contribution in [0.4, 0.5) is 18.9 Å². The molecule has 0 amide bonds. The molecule has 0 radical (unpaired) electrons. The molecule has 6 heteroatoms. The van der Waals surface area contributed by atoms with Crippen molar-refractivity contribution in [2.24, 2.45) is 0 Å². The lowest BCUT2D eigenvalue weighted by Crippen LogP contribution is -2.25. The fraction of sp³-hybridized carbons (Fsp3) is 0.200. The molecule has 0 bridgehead atoms. The topological polar surface area (TPSA) is 21.3 Å². The van der Waals surface area contributed by atoms with Crippen molar-refractivity contribution in [1.29, 1.82) is 0 Å². The van der Waals surface area contributed by atoms with Gasteiger partial charge in [0.2, 0.25) is 0 Å². The average molecular weight is 358 g/mol. The van der Waals surface area contributed by atoms with Crippen LogP contribution >= 0.6 is 15.9 Å². The number of alkyl halides is 3. The van der Waals surface area contributed by atoms with E-state index in [-0.39, 0.29) is 5.75 Å². The van der Waals surface area contributed by atoms with Crippen LogP contribution in [0.15, 0.2) is 46.9 Å². The number of anilines is 1. The molecular weight excluding hydrogens is 347 g/mol. The smallest absolute Gasteiger partial charge is 0.420 e. The van der Waals surface area contributed by atoms with Crippen LogP contribution in [0.2, 0.25) is 0 Å². The van der Waals surface area contributed by atoms with Crippen molar-refractivity contribution in [3.8, 4) is 5.75 Å². The van der Waals surface area contributed by atoms with Crippen molar-refractivity contribution in [2.75, 3.05) is 11.9 Å². The second kappa shape index (κ2) is 5.26. The second-order valence-electron chi connectivity index (χ2n) is 4.72. The molecule has 0 saturated heterocycles. The van der Waals surface area contributed by atoms with E-state index in [1.807, 2.05) is 24.3 Å². The summed E-state index contributed by atoms with van der Waals surface area (Å²) in [5.41, 5.74) is 0.445. The van der Waals surface area contributed by atoms with E-state index in [9.17, 15) is 13.2 Å². The summed E-state index contributed by atoms with van der Waals surface area (Å²) in [6, 6.07) is 11.3. The molecule has 0 spiro atoms. The van der Waals surface area contributed by atoms with Gasteiger partial charge in [-0.2, -0.15) is 13.2 Å². The van der Waals surface area contributed by atoms with Crippen LogP contribution in [0.25, 0.3) is 0 Å². The SMILES string of the molecule is FC(F)(F)c1cccc2c1O[C@@H](c1ccc(Br)cc1)CN2. The molecular formula is C15H11BrF3NO. The molecule has 2 nitrogen and oxygen atoms in total. The number of hydrogen-bond acceptors (Lipinski definition) is 2. The molecule has 1 aliphatic heterocycles. The largest absolute Gasteiger partial charge is 0.481 e. The summed E-state index contributed by atoms with van der Waals surface area (Å²) < 4.78 is 45.7. The van der Waals surface area contributed by atoms with Gasteiger partial charge in [0.05, 0.1) is 17.8 Å². The predicted molar refractivity (Wildman–Crippen MR) is 77.4 cm³/mol. The summed E-state index contributed by atoms with van der Waals surface area (Å²) in [5, 5.41) is 3.00. The van der Waals surface area contributed by atoms with E-state index in [1.54, 1.807) is 6.07 Å². The van der Waals surface area contributed by atoms with Gasteiger partial charge in [-0.25, -0.2) is 0 Å². The number of rotatable bonds is 1. The summed E-state index contributed by atoms with van der Waals surface area (Å²) in [6.45, 7) is 0.427. The van der Waals surface area contributed by atoms with Crippen LogP contribution in [0.5, 0.6) is 5.75 Å². The molecule has 0 aromatic heterocycles. The fourth-order valence-electron chi connectivity index (χ4n) is 2.28. The van der Waals surface area contributed by atoms with Gasteiger partial charge in [0, 0.05) is 4.47 Å². The highest BCUT2D eigenvalue weighted by atomic mass is 79.9. The first-order chi connectivity index (χ1) is 9.95. The number of benzene rings is 2. The van der Waals surface area contributed by atoms with Gasteiger partial charge in [0.1, 0.15) is 6.10 Å². The zero-order chi connectivity index (χ0) is 15.0. The van der Waals surface area contributed by atoms with Crippen LogP contribution in [0, 0.1) is 0 Å². The Morgan fingerprint density at radius 1 is 1.10 bits per heavy atom. The fourth-order valence-corrected chi connectivity index (χ4v) is 2.54. The minimum atomic E-state index is -4.44. The molecule has 2 aromatic carbocycles. The van der Waals surface area contributed by atoms with Crippen LogP contribution < -0.4 is 10.1 Å². The first-order valence-corrected chi connectivity index (χ1v) is 7.10. The standard InChI is InChI=1S/C15H11BrF3NO/c16-10-6-4-9(5-7-10)13-8-20-12-3-1-2-11(14(12)21-13)15(17,18)19/h1-7,13,20H,8H2/t13-/m1/s1. The molecule has 1 aliphatic rings. The predicted octanol–water partition coefficient (Wildman–Crippen LogP) is 5.01. The van der Waals surface area contributed by atoms with Gasteiger partial charge in [0.15, 0.2) is 5.75 Å². The van der Waals surface area contributed by atoms with Crippen LogP contribution in [0.1, 0.15) is 17.2 Å².